The fourth-order valence-electron chi connectivity index (χ4n) is 4.05. The van der Waals surface area contributed by atoms with Crippen molar-refractivity contribution in [2.75, 3.05) is 6.26 Å². The van der Waals surface area contributed by atoms with Gasteiger partial charge < -0.3 is 0 Å². The third-order valence-electron chi connectivity index (χ3n) is 5.10. The van der Waals surface area contributed by atoms with Crippen LogP contribution in [0.3, 0.4) is 0 Å². The predicted octanol–water partition coefficient (Wildman–Crippen LogP) is 5.12. The molecule has 0 N–H and O–H groups in total. The molecule has 0 aromatic heterocycles. The summed E-state index contributed by atoms with van der Waals surface area (Å²) in [4.78, 5) is 0. The van der Waals surface area contributed by atoms with E-state index in [0.717, 1.165) is 17.1 Å². The van der Waals surface area contributed by atoms with Gasteiger partial charge in [0.1, 0.15) is 0 Å². The van der Waals surface area contributed by atoms with Gasteiger partial charge in [0.25, 0.3) is 0 Å². The van der Waals surface area contributed by atoms with Gasteiger partial charge in [-0.3, -0.25) is 0 Å². The van der Waals surface area contributed by atoms with Crippen molar-refractivity contribution in [3.8, 4) is 0 Å². The van der Waals surface area contributed by atoms with E-state index in [1.807, 2.05) is 0 Å². The molecule has 0 aromatic carbocycles. The molecule has 0 bridgehead atoms. The van der Waals surface area contributed by atoms with Gasteiger partial charge in [-0.15, -0.1) is 0 Å². The smallest absolute Gasteiger partial charge is 0.00470 e. The minimum atomic E-state index is 0.620. The lowest BCUT2D eigenvalue weighted by molar-refractivity contribution is 0.165. The third kappa shape index (κ3) is 2.97. The normalized spacial score (nSPS) is 32.4. The molecule has 0 heterocycles. The Morgan fingerprint density at radius 3 is 2.31 bits per heavy atom. The van der Waals surface area contributed by atoms with Crippen LogP contribution >= 0.6 is 11.8 Å². The molecule has 0 saturated heterocycles. The maximum absolute atomic E-state index is 2.54. The highest BCUT2D eigenvalue weighted by Gasteiger charge is 2.35. The SMILES string of the molecule is CSC1CCC(CC(C)(C)C2CCCC2)C1. The van der Waals surface area contributed by atoms with Gasteiger partial charge in [-0.25, -0.2) is 0 Å². The summed E-state index contributed by atoms with van der Waals surface area (Å²) in [6.45, 7) is 5.07. The summed E-state index contributed by atoms with van der Waals surface area (Å²) in [7, 11) is 0. The molecule has 2 aliphatic rings. The van der Waals surface area contributed by atoms with Crippen LogP contribution in [-0.4, -0.2) is 11.5 Å². The molecule has 1 heteroatoms. The maximum Gasteiger partial charge on any atom is 0.00470 e. The number of hydrogen-bond donors (Lipinski definition) is 0. The van der Waals surface area contributed by atoms with E-state index in [1.165, 1.54) is 51.4 Å². The lowest BCUT2D eigenvalue weighted by atomic mass is 9.71. The Hall–Kier alpha value is 0.350. The zero-order valence-corrected chi connectivity index (χ0v) is 12.1. The van der Waals surface area contributed by atoms with Gasteiger partial charge in [-0.2, -0.15) is 11.8 Å². The Bertz CT molecular complexity index is 215. The van der Waals surface area contributed by atoms with E-state index < -0.39 is 0 Å². The van der Waals surface area contributed by atoms with E-state index in [4.69, 9.17) is 0 Å². The Labute approximate surface area is 106 Å². The van der Waals surface area contributed by atoms with Crippen molar-refractivity contribution in [2.24, 2.45) is 17.3 Å². The van der Waals surface area contributed by atoms with Gasteiger partial charge in [-0.1, -0.05) is 26.7 Å². The minimum Gasteiger partial charge on any atom is -0.162 e. The predicted molar refractivity (Wildman–Crippen MR) is 75.0 cm³/mol. The van der Waals surface area contributed by atoms with E-state index in [1.54, 1.807) is 0 Å². The van der Waals surface area contributed by atoms with Gasteiger partial charge in [0, 0.05) is 5.25 Å². The van der Waals surface area contributed by atoms with Crippen molar-refractivity contribution in [2.45, 2.75) is 70.5 Å². The van der Waals surface area contributed by atoms with Crippen LogP contribution in [0.1, 0.15) is 65.2 Å². The quantitative estimate of drug-likeness (QED) is 0.657. The van der Waals surface area contributed by atoms with Crippen LogP contribution in [-0.2, 0) is 0 Å². The first-order chi connectivity index (χ1) is 7.62. The monoisotopic (exact) mass is 240 g/mol. The summed E-state index contributed by atoms with van der Waals surface area (Å²) >= 11 is 2.09. The largest absolute Gasteiger partial charge is 0.162 e. The van der Waals surface area contributed by atoms with Gasteiger partial charge in [0.05, 0.1) is 0 Å². The molecular weight excluding hydrogens is 212 g/mol. The summed E-state index contributed by atoms with van der Waals surface area (Å²) in [6.07, 6.45) is 14.3. The van der Waals surface area contributed by atoms with Crippen molar-refractivity contribution in [3.63, 3.8) is 0 Å². The number of thioether (sulfide) groups is 1. The Balaban J connectivity index is 1.83. The molecule has 0 amide bonds. The van der Waals surface area contributed by atoms with Crippen LogP contribution < -0.4 is 0 Å². The summed E-state index contributed by atoms with van der Waals surface area (Å²) in [6, 6.07) is 0. The van der Waals surface area contributed by atoms with E-state index in [9.17, 15) is 0 Å². The molecule has 94 valence electrons. The average Bonchev–Trinajstić information content (AvgIpc) is 2.86. The van der Waals surface area contributed by atoms with Crippen LogP contribution in [0.25, 0.3) is 0 Å². The summed E-state index contributed by atoms with van der Waals surface area (Å²) in [5.41, 5.74) is 0.620. The molecule has 0 nitrogen and oxygen atoms in total. The molecule has 2 saturated carbocycles. The summed E-state index contributed by atoms with van der Waals surface area (Å²) < 4.78 is 0. The molecule has 0 aromatic rings. The summed E-state index contributed by atoms with van der Waals surface area (Å²) in [5.74, 6) is 2.06. The summed E-state index contributed by atoms with van der Waals surface area (Å²) in [5, 5.41) is 0.976. The Morgan fingerprint density at radius 1 is 1.06 bits per heavy atom. The van der Waals surface area contributed by atoms with Crippen molar-refractivity contribution < 1.29 is 0 Å². The van der Waals surface area contributed by atoms with Crippen LogP contribution in [0.15, 0.2) is 0 Å². The first-order valence-corrected chi connectivity index (χ1v) is 8.43. The highest BCUT2D eigenvalue weighted by Crippen LogP contribution is 2.47. The Kier molecular flexibility index (Phi) is 4.26. The van der Waals surface area contributed by atoms with Gasteiger partial charge >= 0.3 is 0 Å². The zero-order valence-electron chi connectivity index (χ0n) is 11.3. The maximum atomic E-state index is 2.54. The fourth-order valence-corrected chi connectivity index (χ4v) is 4.88. The van der Waals surface area contributed by atoms with E-state index in [2.05, 4.69) is 31.9 Å². The van der Waals surface area contributed by atoms with Crippen molar-refractivity contribution >= 4 is 11.8 Å². The number of hydrogen-bond acceptors (Lipinski definition) is 1. The molecule has 0 radical (unpaired) electrons. The van der Waals surface area contributed by atoms with Crippen molar-refractivity contribution in [1.82, 2.24) is 0 Å². The third-order valence-corrected chi connectivity index (χ3v) is 6.20. The zero-order chi connectivity index (χ0) is 11.6. The van der Waals surface area contributed by atoms with Gasteiger partial charge in [0.15, 0.2) is 0 Å². The van der Waals surface area contributed by atoms with E-state index >= 15 is 0 Å². The van der Waals surface area contributed by atoms with Crippen LogP contribution in [0, 0.1) is 17.3 Å². The molecule has 16 heavy (non-hydrogen) atoms. The highest BCUT2D eigenvalue weighted by molar-refractivity contribution is 7.99. The second-order valence-corrected chi connectivity index (χ2v) is 7.85. The first-order valence-electron chi connectivity index (χ1n) is 7.14. The molecule has 2 fully saturated rings. The van der Waals surface area contributed by atoms with Crippen LogP contribution in [0.2, 0.25) is 0 Å². The van der Waals surface area contributed by atoms with Gasteiger partial charge in [-0.05, 0) is 62.0 Å². The lowest BCUT2D eigenvalue weighted by Crippen LogP contribution is -2.24. The molecule has 0 aliphatic heterocycles. The second kappa shape index (κ2) is 5.33. The number of rotatable bonds is 4. The van der Waals surface area contributed by atoms with E-state index in [0.29, 0.717) is 5.41 Å². The standard InChI is InChI=1S/C15H28S/c1-15(2,13-6-4-5-7-13)11-12-8-9-14(10-12)16-3/h12-14H,4-11H2,1-3H3. The second-order valence-electron chi connectivity index (χ2n) is 6.71. The molecule has 2 aliphatic carbocycles. The highest BCUT2D eigenvalue weighted by atomic mass is 32.2. The molecule has 2 rings (SSSR count). The molecule has 2 atom stereocenters. The van der Waals surface area contributed by atoms with Crippen LogP contribution in [0.4, 0.5) is 0 Å². The van der Waals surface area contributed by atoms with Gasteiger partial charge in [0.2, 0.25) is 0 Å². The minimum absolute atomic E-state index is 0.620. The van der Waals surface area contributed by atoms with Crippen LogP contribution in [0.5, 0.6) is 0 Å². The molecule has 2 unspecified atom stereocenters. The van der Waals surface area contributed by atoms with Crippen molar-refractivity contribution in [3.05, 3.63) is 0 Å². The van der Waals surface area contributed by atoms with Crippen molar-refractivity contribution in [1.29, 1.82) is 0 Å². The topological polar surface area (TPSA) is 0 Å². The Morgan fingerprint density at radius 2 is 1.75 bits per heavy atom. The lowest BCUT2D eigenvalue weighted by Gasteiger charge is -2.34. The average molecular weight is 240 g/mol. The fraction of sp³-hybridized carbons (Fsp3) is 1.00. The first kappa shape index (κ1) is 12.8. The van der Waals surface area contributed by atoms with E-state index in [-0.39, 0.29) is 0 Å². The molecular formula is C15H28S. The molecule has 0 spiro atoms.